The first-order valence-electron chi connectivity index (χ1n) is 9.22. The van der Waals surface area contributed by atoms with E-state index >= 15 is 0 Å². The molecule has 0 radical (unpaired) electrons. The third-order valence-corrected chi connectivity index (χ3v) is 6.43. The van der Waals surface area contributed by atoms with Gasteiger partial charge in [-0.15, -0.1) is 0 Å². The third kappa shape index (κ3) is 5.98. The van der Waals surface area contributed by atoms with Gasteiger partial charge in [0.25, 0.3) is 5.91 Å². The van der Waals surface area contributed by atoms with Crippen molar-refractivity contribution in [1.29, 1.82) is 0 Å². The lowest BCUT2D eigenvalue weighted by molar-refractivity contribution is -0.142. The second-order valence-corrected chi connectivity index (χ2v) is 8.84. The molecule has 1 aliphatic rings. The third-order valence-electron chi connectivity index (χ3n) is 4.03. The topological polar surface area (TPSA) is 86.2 Å². The van der Waals surface area contributed by atoms with Crippen LogP contribution in [0.15, 0.2) is 44.7 Å². The lowest BCUT2D eigenvalue weighted by Crippen LogP contribution is -2.19. The minimum Gasteiger partial charge on any atom is -0.490 e. The second-order valence-electron chi connectivity index (χ2n) is 6.17. The quantitative estimate of drug-likeness (QED) is 0.351. The van der Waals surface area contributed by atoms with Crippen LogP contribution in [-0.4, -0.2) is 37.4 Å². The van der Waals surface area contributed by atoms with Crippen molar-refractivity contribution in [3.05, 3.63) is 55.3 Å². The first-order valence-corrected chi connectivity index (χ1v) is 11.6. The molecule has 2 aromatic rings. The Hall–Kier alpha value is -2.20. The van der Waals surface area contributed by atoms with Crippen LogP contribution in [0.2, 0.25) is 10.0 Å². The van der Waals surface area contributed by atoms with E-state index in [9.17, 15) is 9.59 Å². The van der Waals surface area contributed by atoms with Crippen LogP contribution in [0, 0.1) is 0 Å². The fourth-order valence-corrected chi connectivity index (χ4v) is 4.15. The second kappa shape index (κ2) is 11.1. The van der Waals surface area contributed by atoms with Gasteiger partial charge in [0.1, 0.15) is 0 Å². The molecule has 1 saturated heterocycles. The zero-order chi connectivity index (χ0) is 23.3. The van der Waals surface area contributed by atoms with Gasteiger partial charge in [-0.3, -0.25) is 4.79 Å². The van der Waals surface area contributed by atoms with E-state index < -0.39 is 5.97 Å². The van der Waals surface area contributed by atoms with Gasteiger partial charge in [-0.05, 0) is 54.6 Å². The van der Waals surface area contributed by atoms with Crippen LogP contribution in [0.5, 0.6) is 11.5 Å². The number of amides is 1. The van der Waals surface area contributed by atoms with Crippen LogP contribution in [-0.2, 0) is 14.3 Å². The molecular weight excluding hydrogens is 543 g/mol. The van der Waals surface area contributed by atoms with E-state index in [0.29, 0.717) is 53.9 Å². The van der Waals surface area contributed by atoms with Crippen LogP contribution >= 0.6 is 50.9 Å². The number of esters is 1. The summed E-state index contributed by atoms with van der Waals surface area (Å²) in [6, 6.07) is 8.46. The molecule has 1 fully saturated rings. The molecule has 0 saturated carbocycles. The monoisotopic (exact) mass is 558 g/mol. The smallest absolute Gasteiger partial charge is 0.343 e. The number of hydrogen-bond donors (Lipinski definition) is 1. The molecule has 0 spiro atoms. The number of rotatable bonds is 7. The molecule has 1 N–H and O–H groups in total. The molecule has 11 heteroatoms. The number of benzene rings is 2. The number of nitrogens with zero attached hydrogens (tertiary/aromatic N) is 1. The molecule has 1 amide bonds. The summed E-state index contributed by atoms with van der Waals surface area (Å²) in [5.74, 6) is -0.0229. The van der Waals surface area contributed by atoms with Crippen molar-refractivity contribution in [2.24, 2.45) is 4.99 Å². The van der Waals surface area contributed by atoms with Crippen molar-refractivity contribution < 1.29 is 23.8 Å². The minimum atomic E-state index is -0.514. The largest absolute Gasteiger partial charge is 0.490 e. The molecule has 7 nitrogen and oxygen atoms in total. The number of methoxy groups -OCH3 is 1. The Morgan fingerprint density at radius 1 is 1.25 bits per heavy atom. The van der Waals surface area contributed by atoms with Gasteiger partial charge >= 0.3 is 5.97 Å². The standard InChI is InChI=1S/C21H17BrCl2N2O5S/c1-3-30-15-7-11(12(22)9-16(15)31-10-18(27)29-2)8-17-20(28)26-21(32-17)25-14-6-4-5-13(23)19(14)24/h4-9H,3,10H2,1-2H3,(H,25,26,28)/b17-8+. The Balaban J connectivity index is 1.87. The van der Waals surface area contributed by atoms with Crippen molar-refractivity contribution in [3.63, 3.8) is 0 Å². The van der Waals surface area contributed by atoms with E-state index in [4.69, 9.17) is 32.7 Å². The number of nitrogens with one attached hydrogen (secondary N) is 1. The predicted molar refractivity (Wildman–Crippen MR) is 130 cm³/mol. The summed E-state index contributed by atoms with van der Waals surface area (Å²) < 4.78 is 16.4. The van der Waals surface area contributed by atoms with Gasteiger partial charge in [-0.25, -0.2) is 9.79 Å². The average Bonchev–Trinajstić information content (AvgIpc) is 3.11. The number of halogens is 3. The molecule has 32 heavy (non-hydrogen) atoms. The van der Waals surface area contributed by atoms with Crippen LogP contribution in [0.3, 0.4) is 0 Å². The highest BCUT2D eigenvalue weighted by Crippen LogP contribution is 2.38. The fourth-order valence-electron chi connectivity index (χ4n) is 2.55. The Bertz CT molecular complexity index is 1120. The van der Waals surface area contributed by atoms with Gasteiger partial charge in [0, 0.05) is 4.47 Å². The molecule has 0 bridgehead atoms. The zero-order valence-electron chi connectivity index (χ0n) is 16.9. The Morgan fingerprint density at radius 2 is 2.00 bits per heavy atom. The number of amidine groups is 1. The van der Waals surface area contributed by atoms with Crippen molar-refractivity contribution >= 4 is 79.7 Å². The van der Waals surface area contributed by atoms with E-state index in [1.165, 1.54) is 18.9 Å². The molecule has 1 aliphatic heterocycles. The van der Waals surface area contributed by atoms with E-state index in [0.717, 1.165) is 0 Å². The Morgan fingerprint density at radius 3 is 2.72 bits per heavy atom. The number of hydrogen-bond acceptors (Lipinski definition) is 7. The molecule has 2 aromatic carbocycles. The molecule has 168 valence electrons. The summed E-state index contributed by atoms with van der Waals surface area (Å²) in [4.78, 5) is 28.7. The maximum absolute atomic E-state index is 12.5. The SMILES string of the molecule is CCOc1cc(/C=C2/SC(=Nc3cccc(Cl)c3Cl)NC2=O)c(Br)cc1OCC(=O)OC. The van der Waals surface area contributed by atoms with Gasteiger partial charge in [-0.1, -0.05) is 45.2 Å². The summed E-state index contributed by atoms with van der Waals surface area (Å²) in [6.07, 6.45) is 1.69. The Labute approximate surface area is 207 Å². The number of carbonyl (C=O) groups excluding carboxylic acids is 2. The lowest BCUT2D eigenvalue weighted by atomic mass is 10.2. The highest BCUT2D eigenvalue weighted by molar-refractivity contribution is 9.10. The van der Waals surface area contributed by atoms with Gasteiger partial charge < -0.3 is 19.5 Å². The molecule has 0 unspecified atom stereocenters. The molecule has 3 rings (SSSR count). The summed E-state index contributed by atoms with van der Waals surface area (Å²) >= 11 is 16.8. The number of carbonyl (C=O) groups is 2. The molecule has 0 aromatic heterocycles. The number of thioether (sulfide) groups is 1. The zero-order valence-corrected chi connectivity index (χ0v) is 20.8. The normalized spacial score (nSPS) is 15.7. The van der Waals surface area contributed by atoms with Crippen LogP contribution in [0.25, 0.3) is 6.08 Å². The maximum atomic E-state index is 12.5. The Kier molecular flexibility index (Phi) is 8.47. The molecule has 1 heterocycles. The lowest BCUT2D eigenvalue weighted by Gasteiger charge is -2.13. The number of ether oxygens (including phenoxy) is 3. The van der Waals surface area contributed by atoms with Crippen molar-refractivity contribution in [1.82, 2.24) is 5.32 Å². The fraction of sp³-hybridized carbons (Fsp3) is 0.190. The van der Waals surface area contributed by atoms with Gasteiger partial charge in [-0.2, -0.15) is 0 Å². The summed E-state index contributed by atoms with van der Waals surface area (Å²) in [5.41, 5.74) is 1.13. The van der Waals surface area contributed by atoms with Gasteiger partial charge in [0.15, 0.2) is 23.3 Å². The van der Waals surface area contributed by atoms with E-state index in [1.54, 1.807) is 36.4 Å². The molecule has 0 aliphatic carbocycles. The van der Waals surface area contributed by atoms with Crippen LogP contribution in [0.4, 0.5) is 5.69 Å². The van der Waals surface area contributed by atoms with Crippen LogP contribution in [0.1, 0.15) is 12.5 Å². The minimum absolute atomic E-state index is 0.256. The van der Waals surface area contributed by atoms with Gasteiger partial charge in [0.05, 0.1) is 34.4 Å². The summed E-state index contributed by atoms with van der Waals surface area (Å²) in [7, 11) is 1.28. The predicted octanol–water partition coefficient (Wildman–Crippen LogP) is 5.60. The molecule has 0 atom stereocenters. The van der Waals surface area contributed by atoms with E-state index in [1.807, 2.05) is 6.92 Å². The maximum Gasteiger partial charge on any atom is 0.343 e. The highest BCUT2D eigenvalue weighted by Gasteiger charge is 2.25. The van der Waals surface area contributed by atoms with Crippen molar-refractivity contribution in [3.8, 4) is 11.5 Å². The van der Waals surface area contributed by atoms with Crippen molar-refractivity contribution in [2.45, 2.75) is 6.92 Å². The molecular formula is C21H17BrCl2N2O5S. The van der Waals surface area contributed by atoms with Crippen LogP contribution < -0.4 is 14.8 Å². The average molecular weight is 560 g/mol. The summed E-state index contributed by atoms with van der Waals surface area (Å²) in [5, 5.41) is 3.77. The number of aliphatic imine (C=N–C) groups is 1. The van der Waals surface area contributed by atoms with E-state index in [2.05, 4.69) is 31.0 Å². The van der Waals surface area contributed by atoms with Crippen molar-refractivity contribution in [2.75, 3.05) is 20.3 Å². The van der Waals surface area contributed by atoms with Gasteiger partial charge in [0.2, 0.25) is 0 Å². The first-order chi connectivity index (χ1) is 15.3. The first kappa shape index (κ1) is 24.4. The van der Waals surface area contributed by atoms with E-state index in [-0.39, 0.29) is 12.5 Å². The summed E-state index contributed by atoms with van der Waals surface area (Å²) in [6.45, 7) is 1.96. The highest BCUT2D eigenvalue weighted by atomic mass is 79.9.